The fourth-order valence-corrected chi connectivity index (χ4v) is 3.77. The van der Waals surface area contributed by atoms with Crippen molar-refractivity contribution in [2.75, 3.05) is 13.7 Å². The summed E-state index contributed by atoms with van der Waals surface area (Å²) in [6.07, 6.45) is 1.46. The van der Waals surface area contributed by atoms with E-state index in [-0.39, 0.29) is 11.5 Å². The number of fused-ring (bicyclic) bond motifs is 1. The lowest BCUT2D eigenvalue weighted by Crippen LogP contribution is -2.21. The number of aryl methyl sites for hydroxylation is 1. The number of carbonyl (C=O) groups excluding carboxylic acids is 2. The van der Waals surface area contributed by atoms with Crippen molar-refractivity contribution in [3.8, 4) is 0 Å². The van der Waals surface area contributed by atoms with E-state index in [9.17, 15) is 14.4 Å². The minimum absolute atomic E-state index is 0.224. The molecule has 0 fully saturated rings. The minimum atomic E-state index is -0.476. The Morgan fingerprint density at radius 1 is 1.19 bits per heavy atom. The Labute approximate surface area is 159 Å². The first-order chi connectivity index (χ1) is 13.0. The normalized spacial score (nSPS) is 10.8. The molecule has 1 aromatic carbocycles. The van der Waals surface area contributed by atoms with E-state index in [0.29, 0.717) is 39.4 Å². The molecule has 0 aliphatic rings. The molecule has 2 aromatic heterocycles. The Bertz CT molecular complexity index is 1070. The molecular weight excluding hydrogens is 368 g/mol. The Kier molecular flexibility index (Phi) is 5.36. The van der Waals surface area contributed by atoms with E-state index in [1.54, 1.807) is 38.1 Å². The van der Waals surface area contributed by atoms with E-state index in [0.717, 1.165) is 16.9 Å². The van der Waals surface area contributed by atoms with E-state index >= 15 is 0 Å². The highest BCUT2D eigenvalue weighted by molar-refractivity contribution is 7.20. The summed E-state index contributed by atoms with van der Waals surface area (Å²) in [5.41, 5.74) is 1.65. The zero-order valence-corrected chi connectivity index (χ0v) is 16.0. The number of ether oxygens (including phenoxy) is 2. The van der Waals surface area contributed by atoms with Crippen LogP contribution in [0.5, 0.6) is 0 Å². The van der Waals surface area contributed by atoms with Gasteiger partial charge in [-0.3, -0.25) is 9.36 Å². The maximum Gasteiger partial charge on any atom is 0.348 e. The Morgan fingerprint density at radius 3 is 2.52 bits per heavy atom. The maximum atomic E-state index is 12.8. The van der Waals surface area contributed by atoms with Crippen LogP contribution in [0.3, 0.4) is 0 Å². The van der Waals surface area contributed by atoms with Gasteiger partial charge in [0.2, 0.25) is 0 Å². The smallest absolute Gasteiger partial charge is 0.348 e. The zero-order chi connectivity index (χ0) is 19.6. The molecule has 0 N–H and O–H groups in total. The van der Waals surface area contributed by atoms with Gasteiger partial charge in [-0.2, -0.15) is 0 Å². The summed E-state index contributed by atoms with van der Waals surface area (Å²) in [5, 5.41) is 0.422. The molecule has 2 heterocycles. The van der Waals surface area contributed by atoms with Crippen molar-refractivity contribution < 1.29 is 19.1 Å². The Balaban J connectivity index is 1.93. The first-order valence-electron chi connectivity index (χ1n) is 8.29. The zero-order valence-electron chi connectivity index (χ0n) is 15.1. The van der Waals surface area contributed by atoms with E-state index in [4.69, 9.17) is 9.47 Å². The van der Waals surface area contributed by atoms with Gasteiger partial charge in [-0.1, -0.05) is 12.1 Å². The average Bonchev–Trinajstić information content (AvgIpc) is 3.01. The van der Waals surface area contributed by atoms with Crippen LogP contribution >= 0.6 is 11.3 Å². The molecule has 0 aliphatic heterocycles. The van der Waals surface area contributed by atoms with Crippen molar-refractivity contribution in [3.05, 3.63) is 62.5 Å². The molecule has 27 heavy (non-hydrogen) atoms. The molecule has 0 aliphatic carbocycles. The van der Waals surface area contributed by atoms with Gasteiger partial charge in [0.05, 0.1) is 37.5 Å². The molecule has 0 saturated heterocycles. The van der Waals surface area contributed by atoms with Crippen molar-refractivity contribution in [2.24, 2.45) is 0 Å². The lowest BCUT2D eigenvalue weighted by molar-refractivity contribution is 0.0525. The van der Waals surface area contributed by atoms with E-state index < -0.39 is 5.97 Å². The second-order valence-electron chi connectivity index (χ2n) is 5.82. The van der Waals surface area contributed by atoms with Crippen LogP contribution in [0, 0.1) is 6.92 Å². The van der Waals surface area contributed by atoms with Crippen molar-refractivity contribution in [2.45, 2.75) is 20.4 Å². The predicted octanol–water partition coefficient (Wildman–Crippen LogP) is 2.78. The summed E-state index contributed by atoms with van der Waals surface area (Å²) in [5.74, 6) is -0.857. The summed E-state index contributed by atoms with van der Waals surface area (Å²) in [4.78, 5) is 41.6. The minimum Gasteiger partial charge on any atom is -0.465 e. The van der Waals surface area contributed by atoms with E-state index in [2.05, 4.69) is 4.98 Å². The van der Waals surface area contributed by atoms with Gasteiger partial charge in [0.15, 0.2) is 0 Å². The molecule has 0 unspecified atom stereocenters. The van der Waals surface area contributed by atoms with Crippen LogP contribution in [0.2, 0.25) is 0 Å². The summed E-state index contributed by atoms with van der Waals surface area (Å²) in [6, 6.07) is 6.86. The summed E-state index contributed by atoms with van der Waals surface area (Å²) < 4.78 is 11.2. The fourth-order valence-electron chi connectivity index (χ4n) is 2.72. The molecule has 3 rings (SSSR count). The molecule has 0 amide bonds. The number of aromatic nitrogens is 2. The van der Waals surface area contributed by atoms with Crippen molar-refractivity contribution in [3.63, 3.8) is 0 Å². The van der Waals surface area contributed by atoms with Crippen LogP contribution in [-0.2, 0) is 16.0 Å². The van der Waals surface area contributed by atoms with Gasteiger partial charge in [0.1, 0.15) is 9.71 Å². The summed E-state index contributed by atoms with van der Waals surface area (Å²) >= 11 is 1.15. The number of thiophene rings is 1. The van der Waals surface area contributed by atoms with Crippen LogP contribution < -0.4 is 5.56 Å². The van der Waals surface area contributed by atoms with Crippen LogP contribution in [0.25, 0.3) is 10.2 Å². The predicted molar refractivity (Wildman–Crippen MR) is 101 cm³/mol. The van der Waals surface area contributed by atoms with Gasteiger partial charge in [0, 0.05) is 0 Å². The third-order valence-corrected chi connectivity index (χ3v) is 5.29. The third kappa shape index (κ3) is 3.61. The third-order valence-electron chi connectivity index (χ3n) is 4.11. The van der Waals surface area contributed by atoms with Gasteiger partial charge in [-0.05, 0) is 37.1 Å². The van der Waals surface area contributed by atoms with E-state index in [1.807, 2.05) is 0 Å². The SMILES string of the molecule is CCOC(=O)c1ccc(Cn2cnc3sc(C(=O)OC)c(C)c3c2=O)cc1. The molecule has 0 atom stereocenters. The number of hydrogen-bond donors (Lipinski definition) is 0. The molecular formula is C19H18N2O5S. The quantitative estimate of drug-likeness (QED) is 0.627. The lowest BCUT2D eigenvalue weighted by Gasteiger charge is -2.07. The fraction of sp³-hybridized carbons (Fsp3) is 0.263. The first kappa shape index (κ1) is 18.8. The highest BCUT2D eigenvalue weighted by Crippen LogP contribution is 2.27. The van der Waals surface area contributed by atoms with Crippen LogP contribution in [0.15, 0.2) is 35.4 Å². The van der Waals surface area contributed by atoms with Crippen LogP contribution in [-0.4, -0.2) is 35.2 Å². The number of hydrogen-bond acceptors (Lipinski definition) is 7. The van der Waals surface area contributed by atoms with Gasteiger partial charge in [0.25, 0.3) is 5.56 Å². The molecule has 0 radical (unpaired) electrons. The molecule has 0 spiro atoms. The number of methoxy groups -OCH3 is 1. The topological polar surface area (TPSA) is 87.5 Å². The maximum absolute atomic E-state index is 12.8. The number of carbonyl (C=O) groups is 2. The standard InChI is InChI=1S/C19H18N2O5S/c1-4-26-18(23)13-7-5-12(6-8-13)9-21-10-20-16-14(17(21)22)11(2)15(27-16)19(24)25-3/h5-8,10H,4,9H2,1-3H3. The van der Waals surface area contributed by atoms with Gasteiger partial charge < -0.3 is 9.47 Å². The molecule has 8 heteroatoms. The van der Waals surface area contributed by atoms with Crippen molar-refractivity contribution in [1.82, 2.24) is 9.55 Å². The summed E-state index contributed by atoms with van der Waals surface area (Å²) in [7, 11) is 1.30. The van der Waals surface area contributed by atoms with Crippen LogP contribution in [0.1, 0.15) is 38.1 Å². The Morgan fingerprint density at radius 2 is 1.89 bits per heavy atom. The number of esters is 2. The van der Waals surface area contributed by atoms with Gasteiger partial charge >= 0.3 is 11.9 Å². The van der Waals surface area contributed by atoms with Crippen LogP contribution in [0.4, 0.5) is 0 Å². The monoisotopic (exact) mass is 386 g/mol. The van der Waals surface area contributed by atoms with Gasteiger partial charge in [-0.15, -0.1) is 11.3 Å². The molecule has 7 nitrogen and oxygen atoms in total. The number of benzene rings is 1. The van der Waals surface area contributed by atoms with Crippen molar-refractivity contribution >= 4 is 33.5 Å². The molecule has 0 bridgehead atoms. The first-order valence-corrected chi connectivity index (χ1v) is 9.10. The second kappa shape index (κ2) is 7.71. The van der Waals surface area contributed by atoms with Gasteiger partial charge in [-0.25, -0.2) is 14.6 Å². The number of rotatable bonds is 5. The molecule has 140 valence electrons. The molecule has 3 aromatic rings. The van der Waals surface area contributed by atoms with E-state index in [1.165, 1.54) is 18.0 Å². The van der Waals surface area contributed by atoms with Crippen molar-refractivity contribution in [1.29, 1.82) is 0 Å². The Hall–Kier alpha value is -3.00. The number of nitrogens with zero attached hydrogens (tertiary/aromatic N) is 2. The highest BCUT2D eigenvalue weighted by atomic mass is 32.1. The lowest BCUT2D eigenvalue weighted by atomic mass is 10.1. The average molecular weight is 386 g/mol. The highest BCUT2D eigenvalue weighted by Gasteiger charge is 2.19. The molecule has 0 saturated carbocycles. The summed E-state index contributed by atoms with van der Waals surface area (Å²) in [6.45, 7) is 4.08. The second-order valence-corrected chi connectivity index (χ2v) is 6.82. The largest absolute Gasteiger partial charge is 0.465 e.